The van der Waals surface area contributed by atoms with Gasteiger partial charge in [-0.2, -0.15) is 0 Å². The van der Waals surface area contributed by atoms with E-state index < -0.39 is 0 Å². The normalized spacial score (nSPS) is 21.8. The van der Waals surface area contributed by atoms with Gasteiger partial charge in [0.15, 0.2) is 0 Å². The molecule has 0 bridgehead atoms. The van der Waals surface area contributed by atoms with Crippen LogP contribution in [0, 0.1) is 5.41 Å². The minimum Gasteiger partial charge on any atom is -0.489 e. The molecule has 1 aromatic rings. The fourth-order valence-electron chi connectivity index (χ4n) is 2.83. The first-order valence-corrected chi connectivity index (χ1v) is 8.90. The molecule has 1 fully saturated rings. The van der Waals surface area contributed by atoms with Crippen LogP contribution in [-0.2, 0) is 11.2 Å². The molecule has 23 heavy (non-hydrogen) atoms. The highest BCUT2D eigenvalue weighted by atomic mass is 16.5. The summed E-state index contributed by atoms with van der Waals surface area (Å²) in [5.74, 6) is 0.879. The Morgan fingerprint density at radius 3 is 2.26 bits per heavy atom. The Kier molecular flexibility index (Phi) is 5.72. The van der Waals surface area contributed by atoms with E-state index in [0.29, 0.717) is 11.5 Å². The third-order valence-electron chi connectivity index (χ3n) is 4.03. The average molecular weight is 319 g/mol. The van der Waals surface area contributed by atoms with Gasteiger partial charge in [0.1, 0.15) is 11.9 Å². The lowest BCUT2D eigenvalue weighted by Crippen LogP contribution is -2.43. The Morgan fingerprint density at radius 1 is 1.04 bits per heavy atom. The van der Waals surface area contributed by atoms with E-state index in [1.54, 1.807) is 0 Å². The van der Waals surface area contributed by atoms with Gasteiger partial charge in [-0.3, -0.25) is 4.98 Å². The topological polar surface area (TPSA) is 31.4 Å². The predicted octanol–water partition coefficient (Wildman–Crippen LogP) is 5.18. The van der Waals surface area contributed by atoms with Crippen LogP contribution in [0.25, 0.3) is 0 Å². The molecule has 0 radical (unpaired) electrons. The molecule has 1 aromatic heterocycles. The molecule has 1 aliphatic rings. The van der Waals surface area contributed by atoms with Gasteiger partial charge in [0.05, 0.1) is 17.9 Å². The van der Waals surface area contributed by atoms with Crippen LogP contribution < -0.4 is 4.74 Å². The molecule has 0 spiro atoms. The third-order valence-corrected chi connectivity index (χ3v) is 4.03. The summed E-state index contributed by atoms with van der Waals surface area (Å²) >= 11 is 0. The Morgan fingerprint density at radius 2 is 1.74 bits per heavy atom. The first-order chi connectivity index (χ1) is 10.6. The molecule has 0 aromatic carbocycles. The van der Waals surface area contributed by atoms with Crippen molar-refractivity contribution in [2.24, 2.45) is 5.41 Å². The summed E-state index contributed by atoms with van der Waals surface area (Å²) in [5, 5.41) is 0. The van der Waals surface area contributed by atoms with E-state index in [-0.39, 0.29) is 11.7 Å². The Hall–Kier alpha value is -1.09. The lowest BCUT2D eigenvalue weighted by atomic mass is 9.89. The molecule has 1 aliphatic carbocycles. The van der Waals surface area contributed by atoms with Crippen molar-refractivity contribution in [1.82, 2.24) is 4.98 Å². The van der Waals surface area contributed by atoms with Crippen LogP contribution >= 0.6 is 0 Å². The lowest BCUT2D eigenvalue weighted by Gasteiger charge is -2.39. The number of pyridine rings is 1. The Labute approximate surface area is 141 Å². The number of ether oxygens (including phenoxy) is 2. The van der Waals surface area contributed by atoms with E-state index in [2.05, 4.69) is 58.7 Å². The number of rotatable bonds is 6. The maximum atomic E-state index is 5.97. The molecule has 3 nitrogen and oxygen atoms in total. The van der Waals surface area contributed by atoms with Crippen LogP contribution in [0.15, 0.2) is 18.3 Å². The number of nitrogens with zero attached hydrogens (tertiary/aromatic N) is 1. The fourth-order valence-corrected chi connectivity index (χ4v) is 2.83. The monoisotopic (exact) mass is 319 g/mol. The molecule has 1 saturated carbocycles. The number of aromatic nitrogens is 1. The smallest absolute Gasteiger partial charge is 0.138 e. The Bertz CT molecular complexity index is 476. The minimum absolute atomic E-state index is 0.0636. The zero-order valence-corrected chi connectivity index (χ0v) is 15.7. The van der Waals surface area contributed by atoms with Gasteiger partial charge in [-0.1, -0.05) is 20.8 Å². The Balaban J connectivity index is 1.70. The molecule has 1 heterocycles. The standard InChI is InChI=1S/C20H33NO2/c1-19(2,3)11-7-8-15-9-10-16(14-21-15)22-17-12-18(13-17)23-20(4,5)6/h9-10,14,17-18H,7-8,11-13H2,1-6H3. The van der Waals surface area contributed by atoms with Gasteiger partial charge in [0.2, 0.25) is 0 Å². The highest BCUT2D eigenvalue weighted by Gasteiger charge is 2.34. The van der Waals surface area contributed by atoms with Crippen molar-refractivity contribution in [2.45, 2.75) is 91.5 Å². The molecular weight excluding hydrogens is 286 g/mol. The second-order valence-corrected chi connectivity index (χ2v) is 8.96. The van der Waals surface area contributed by atoms with Crippen molar-refractivity contribution in [2.75, 3.05) is 0 Å². The van der Waals surface area contributed by atoms with Crippen LogP contribution in [0.4, 0.5) is 0 Å². The molecule has 2 rings (SSSR count). The second kappa shape index (κ2) is 7.21. The molecular formula is C20H33NO2. The molecule has 0 N–H and O–H groups in total. The number of hydrogen-bond acceptors (Lipinski definition) is 3. The first-order valence-electron chi connectivity index (χ1n) is 8.90. The van der Waals surface area contributed by atoms with E-state index in [4.69, 9.17) is 9.47 Å². The van der Waals surface area contributed by atoms with Crippen LogP contribution in [0.3, 0.4) is 0 Å². The summed E-state index contributed by atoms with van der Waals surface area (Å²) < 4.78 is 11.9. The molecule has 0 atom stereocenters. The molecule has 0 unspecified atom stereocenters. The van der Waals surface area contributed by atoms with Gasteiger partial charge in [-0.25, -0.2) is 0 Å². The summed E-state index contributed by atoms with van der Waals surface area (Å²) in [5.41, 5.74) is 1.49. The maximum Gasteiger partial charge on any atom is 0.138 e. The van der Waals surface area contributed by atoms with E-state index >= 15 is 0 Å². The maximum absolute atomic E-state index is 5.97. The predicted molar refractivity (Wildman–Crippen MR) is 94.9 cm³/mol. The number of aryl methyl sites for hydroxylation is 1. The summed E-state index contributed by atoms with van der Waals surface area (Å²) in [6.07, 6.45) is 7.89. The molecule has 130 valence electrons. The molecule has 0 aliphatic heterocycles. The van der Waals surface area contributed by atoms with Crippen LogP contribution in [0.1, 0.15) is 72.9 Å². The lowest BCUT2D eigenvalue weighted by molar-refractivity contribution is -0.126. The second-order valence-electron chi connectivity index (χ2n) is 8.96. The van der Waals surface area contributed by atoms with Crippen molar-refractivity contribution < 1.29 is 9.47 Å². The van der Waals surface area contributed by atoms with Crippen molar-refractivity contribution in [1.29, 1.82) is 0 Å². The SMILES string of the molecule is CC(C)(C)CCCc1ccc(OC2CC(OC(C)(C)C)C2)cn1. The van der Waals surface area contributed by atoms with Gasteiger partial charge >= 0.3 is 0 Å². The van der Waals surface area contributed by atoms with Crippen LogP contribution in [0.5, 0.6) is 5.75 Å². The molecule has 3 heteroatoms. The van der Waals surface area contributed by atoms with Crippen molar-refractivity contribution in [3.05, 3.63) is 24.0 Å². The summed E-state index contributed by atoms with van der Waals surface area (Å²) in [6, 6.07) is 4.15. The van der Waals surface area contributed by atoms with E-state index in [1.807, 2.05) is 6.20 Å². The largest absolute Gasteiger partial charge is 0.489 e. The average Bonchev–Trinajstić information content (AvgIpc) is 2.35. The minimum atomic E-state index is -0.0636. The summed E-state index contributed by atoms with van der Waals surface area (Å²) in [4.78, 5) is 4.53. The molecule has 0 amide bonds. The van der Waals surface area contributed by atoms with Crippen LogP contribution in [0.2, 0.25) is 0 Å². The van der Waals surface area contributed by atoms with Gasteiger partial charge in [-0.05, 0) is 57.6 Å². The van der Waals surface area contributed by atoms with Crippen molar-refractivity contribution in [3.63, 3.8) is 0 Å². The van der Waals surface area contributed by atoms with E-state index in [0.717, 1.165) is 30.7 Å². The third kappa shape index (κ3) is 6.90. The molecule has 0 saturated heterocycles. The highest BCUT2D eigenvalue weighted by Crippen LogP contribution is 2.31. The summed E-state index contributed by atoms with van der Waals surface area (Å²) in [6.45, 7) is 13.2. The zero-order valence-electron chi connectivity index (χ0n) is 15.7. The zero-order chi connectivity index (χ0) is 17.1. The van der Waals surface area contributed by atoms with E-state index in [1.165, 1.54) is 12.8 Å². The van der Waals surface area contributed by atoms with Gasteiger partial charge in [0.25, 0.3) is 0 Å². The van der Waals surface area contributed by atoms with Crippen molar-refractivity contribution in [3.8, 4) is 5.75 Å². The van der Waals surface area contributed by atoms with Gasteiger partial charge in [0, 0.05) is 18.5 Å². The highest BCUT2D eigenvalue weighted by molar-refractivity contribution is 5.20. The van der Waals surface area contributed by atoms with Crippen molar-refractivity contribution >= 4 is 0 Å². The van der Waals surface area contributed by atoms with Gasteiger partial charge < -0.3 is 9.47 Å². The number of hydrogen-bond donors (Lipinski definition) is 0. The van der Waals surface area contributed by atoms with E-state index in [9.17, 15) is 0 Å². The summed E-state index contributed by atoms with van der Waals surface area (Å²) in [7, 11) is 0. The quantitative estimate of drug-likeness (QED) is 0.724. The van der Waals surface area contributed by atoms with Gasteiger partial charge in [-0.15, -0.1) is 0 Å². The first kappa shape index (κ1) is 18.3. The van der Waals surface area contributed by atoms with Crippen LogP contribution in [-0.4, -0.2) is 22.8 Å². The fraction of sp³-hybridized carbons (Fsp3) is 0.750.